The van der Waals surface area contributed by atoms with E-state index in [0.717, 1.165) is 6.54 Å². The molecular weight excluding hydrogens is 249 g/mol. The Bertz CT molecular complexity index is 86.1. The van der Waals surface area contributed by atoms with Gasteiger partial charge in [0.2, 0.25) is 0 Å². The van der Waals surface area contributed by atoms with Crippen molar-refractivity contribution in [2.45, 2.75) is 46.5 Å². The largest absolute Gasteiger partial charge is 0.261 e. The molecule has 0 saturated carbocycles. The van der Waals surface area contributed by atoms with Gasteiger partial charge in [0.05, 0.1) is 0 Å². The number of nitrogens with one attached hydrogen (secondary N) is 1. The summed E-state index contributed by atoms with van der Waals surface area (Å²) >= 11 is 2.21. The highest BCUT2D eigenvalue weighted by atomic mass is 127. The van der Waals surface area contributed by atoms with Crippen molar-refractivity contribution in [1.82, 2.24) is 3.53 Å². The Hall–Kier alpha value is 0.690. The van der Waals surface area contributed by atoms with Crippen LogP contribution >= 0.6 is 22.9 Å². The van der Waals surface area contributed by atoms with Crippen molar-refractivity contribution in [1.29, 1.82) is 0 Å². The van der Waals surface area contributed by atoms with Crippen molar-refractivity contribution in [3.63, 3.8) is 0 Å². The van der Waals surface area contributed by atoms with Gasteiger partial charge in [-0.1, -0.05) is 33.6 Å². The number of hydrogen-bond acceptors (Lipinski definition) is 1. The maximum absolute atomic E-state index is 3.14. The number of unbranched alkanes of at least 4 members (excludes halogenated alkanes) is 2. The van der Waals surface area contributed by atoms with E-state index in [1.54, 1.807) is 0 Å². The fourth-order valence-corrected chi connectivity index (χ4v) is 1.41. The van der Waals surface area contributed by atoms with Gasteiger partial charge < -0.3 is 0 Å². The molecule has 0 atom stereocenters. The Balaban J connectivity index is 3.02. The molecule has 0 spiro atoms. The maximum Gasteiger partial charge on any atom is 0.0169 e. The first-order valence-corrected chi connectivity index (χ1v) is 5.47. The first-order valence-electron chi connectivity index (χ1n) is 4.40. The van der Waals surface area contributed by atoms with Crippen LogP contribution in [0.2, 0.25) is 0 Å². The van der Waals surface area contributed by atoms with Crippen LogP contribution in [0.3, 0.4) is 0 Å². The second-order valence-corrected chi connectivity index (χ2v) is 5.02. The van der Waals surface area contributed by atoms with Crippen molar-refractivity contribution in [3.8, 4) is 0 Å². The molecule has 0 heterocycles. The van der Waals surface area contributed by atoms with E-state index >= 15 is 0 Å². The minimum atomic E-state index is 0.526. The Kier molecular flexibility index (Phi) is 6.62. The third-order valence-electron chi connectivity index (χ3n) is 1.70. The van der Waals surface area contributed by atoms with Gasteiger partial charge in [-0.15, -0.1) is 0 Å². The average Bonchev–Trinajstić information content (AvgIpc) is 1.85. The van der Waals surface area contributed by atoms with E-state index in [-0.39, 0.29) is 0 Å². The van der Waals surface area contributed by atoms with Crippen molar-refractivity contribution in [2.75, 3.05) is 6.54 Å². The van der Waals surface area contributed by atoms with Gasteiger partial charge in [-0.25, -0.2) is 0 Å². The second-order valence-electron chi connectivity index (χ2n) is 4.25. The predicted molar refractivity (Wildman–Crippen MR) is 59.9 cm³/mol. The summed E-state index contributed by atoms with van der Waals surface area (Å²) in [6.45, 7) is 8.08. The Morgan fingerprint density at radius 3 is 2.18 bits per heavy atom. The molecule has 0 saturated heterocycles. The summed E-state index contributed by atoms with van der Waals surface area (Å²) in [5.74, 6) is 0. The van der Waals surface area contributed by atoms with Crippen LogP contribution in [-0.4, -0.2) is 6.54 Å². The van der Waals surface area contributed by atoms with Gasteiger partial charge >= 0.3 is 0 Å². The fraction of sp³-hybridized carbons (Fsp3) is 1.00. The Morgan fingerprint density at radius 1 is 1.09 bits per heavy atom. The van der Waals surface area contributed by atoms with Crippen LogP contribution in [-0.2, 0) is 0 Å². The fourth-order valence-electron chi connectivity index (χ4n) is 1.02. The second kappa shape index (κ2) is 6.23. The molecule has 0 aromatic rings. The number of hydrogen-bond donors (Lipinski definition) is 1. The van der Waals surface area contributed by atoms with Crippen LogP contribution < -0.4 is 3.53 Å². The van der Waals surface area contributed by atoms with Gasteiger partial charge in [-0.2, -0.15) is 0 Å². The Labute approximate surface area is 84.8 Å². The lowest BCUT2D eigenvalue weighted by molar-refractivity contribution is 0.358. The molecule has 0 aliphatic heterocycles. The van der Waals surface area contributed by atoms with E-state index in [2.05, 4.69) is 47.2 Å². The highest BCUT2D eigenvalue weighted by molar-refractivity contribution is 14.1. The Morgan fingerprint density at radius 2 is 1.73 bits per heavy atom. The molecule has 0 rings (SSSR count). The summed E-state index contributed by atoms with van der Waals surface area (Å²) in [7, 11) is 0. The van der Waals surface area contributed by atoms with E-state index < -0.39 is 0 Å². The van der Waals surface area contributed by atoms with Crippen molar-refractivity contribution in [2.24, 2.45) is 5.41 Å². The molecule has 0 aromatic carbocycles. The number of rotatable bonds is 5. The summed E-state index contributed by atoms with van der Waals surface area (Å²) in [4.78, 5) is 0. The lowest BCUT2D eigenvalue weighted by Gasteiger charge is -2.17. The van der Waals surface area contributed by atoms with Gasteiger partial charge in [0.1, 0.15) is 0 Å². The minimum absolute atomic E-state index is 0.526. The van der Waals surface area contributed by atoms with E-state index in [4.69, 9.17) is 0 Å². The standard InChI is InChI=1S/C9H20IN/c1-9(2,3)7-5-4-6-8-11-10/h11H,4-8H2,1-3H3. The molecule has 0 aromatic heterocycles. The molecule has 11 heavy (non-hydrogen) atoms. The van der Waals surface area contributed by atoms with Crippen LogP contribution in [0, 0.1) is 5.41 Å². The molecule has 68 valence electrons. The lowest BCUT2D eigenvalue weighted by Crippen LogP contribution is -2.05. The van der Waals surface area contributed by atoms with Crippen LogP contribution in [0.4, 0.5) is 0 Å². The molecule has 0 amide bonds. The molecule has 0 aliphatic rings. The highest BCUT2D eigenvalue weighted by Gasteiger charge is 2.08. The molecule has 2 heteroatoms. The first kappa shape index (κ1) is 11.7. The normalized spacial score (nSPS) is 12.0. The number of halogens is 1. The van der Waals surface area contributed by atoms with Gasteiger partial charge in [0, 0.05) is 29.4 Å². The first-order chi connectivity index (χ1) is 5.06. The highest BCUT2D eigenvalue weighted by Crippen LogP contribution is 2.21. The van der Waals surface area contributed by atoms with E-state index in [1.807, 2.05) is 0 Å². The van der Waals surface area contributed by atoms with Gasteiger partial charge in [0.25, 0.3) is 0 Å². The SMILES string of the molecule is CC(C)(C)CCCCCNI. The molecule has 0 bridgehead atoms. The van der Waals surface area contributed by atoms with Crippen molar-refractivity contribution >= 4 is 22.9 Å². The predicted octanol–water partition coefficient (Wildman–Crippen LogP) is 3.53. The summed E-state index contributed by atoms with van der Waals surface area (Å²) < 4.78 is 3.14. The van der Waals surface area contributed by atoms with Crippen LogP contribution in [0.15, 0.2) is 0 Å². The lowest BCUT2D eigenvalue weighted by atomic mass is 9.89. The summed E-state index contributed by atoms with van der Waals surface area (Å²) in [5.41, 5.74) is 0.526. The topological polar surface area (TPSA) is 12.0 Å². The molecule has 0 fully saturated rings. The van der Waals surface area contributed by atoms with Gasteiger partial charge in [-0.3, -0.25) is 3.53 Å². The zero-order valence-corrected chi connectivity index (χ0v) is 10.1. The third-order valence-corrected chi connectivity index (χ3v) is 2.24. The monoisotopic (exact) mass is 269 g/mol. The van der Waals surface area contributed by atoms with Crippen LogP contribution in [0.5, 0.6) is 0 Å². The minimum Gasteiger partial charge on any atom is -0.261 e. The van der Waals surface area contributed by atoms with E-state index in [9.17, 15) is 0 Å². The molecule has 0 unspecified atom stereocenters. The maximum atomic E-state index is 3.14. The summed E-state index contributed by atoms with van der Waals surface area (Å²) in [6, 6.07) is 0. The van der Waals surface area contributed by atoms with Gasteiger partial charge in [-0.05, 0) is 18.3 Å². The van der Waals surface area contributed by atoms with Crippen LogP contribution in [0.25, 0.3) is 0 Å². The molecule has 1 N–H and O–H groups in total. The summed E-state index contributed by atoms with van der Waals surface area (Å²) in [6.07, 6.45) is 5.42. The molecular formula is C9H20IN. The zero-order chi connectivity index (χ0) is 8.74. The summed E-state index contributed by atoms with van der Waals surface area (Å²) in [5, 5.41) is 0. The van der Waals surface area contributed by atoms with E-state index in [1.165, 1.54) is 25.7 Å². The molecule has 0 aliphatic carbocycles. The quantitative estimate of drug-likeness (QED) is 0.457. The van der Waals surface area contributed by atoms with Gasteiger partial charge in [0.15, 0.2) is 0 Å². The third kappa shape index (κ3) is 10.7. The zero-order valence-electron chi connectivity index (χ0n) is 7.91. The van der Waals surface area contributed by atoms with E-state index in [0.29, 0.717) is 5.41 Å². The van der Waals surface area contributed by atoms with Crippen molar-refractivity contribution in [3.05, 3.63) is 0 Å². The molecule has 1 nitrogen and oxygen atoms in total. The van der Waals surface area contributed by atoms with Crippen molar-refractivity contribution < 1.29 is 0 Å². The molecule has 0 radical (unpaired) electrons. The van der Waals surface area contributed by atoms with Crippen LogP contribution in [0.1, 0.15) is 46.5 Å². The smallest absolute Gasteiger partial charge is 0.0169 e. The average molecular weight is 269 g/mol.